The lowest BCUT2D eigenvalue weighted by Crippen LogP contribution is -2.52. The Morgan fingerprint density at radius 2 is 1.93 bits per heavy atom. The van der Waals surface area contributed by atoms with Gasteiger partial charge in [-0.3, -0.25) is 4.79 Å². The number of esters is 1. The molecule has 0 amide bonds. The van der Waals surface area contributed by atoms with Crippen LogP contribution in [0.2, 0.25) is 5.15 Å². The van der Waals surface area contributed by atoms with Gasteiger partial charge >= 0.3 is 5.97 Å². The Morgan fingerprint density at radius 3 is 2.57 bits per heavy atom. The highest BCUT2D eigenvalue weighted by molar-refractivity contribution is 7.98. The van der Waals surface area contributed by atoms with E-state index in [0.717, 1.165) is 25.7 Å². The Bertz CT molecular complexity index is 723. The van der Waals surface area contributed by atoms with E-state index in [4.69, 9.17) is 21.1 Å². The first-order chi connectivity index (χ1) is 13.6. The molecule has 8 heteroatoms. The van der Waals surface area contributed by atoms with Crippen molar-refractivity contribution in [2.75, 3.05) is 24.8 Å². The smallest absolute Gasteiger partial charge is 0.311 e. The third-order valence-corrected chi connectivity index (χ3v) is 6.48. The van der Waals surface area contributed by atoms with Gasteiger partial charge in [0.05, 0.1) is 31.0 Å². The average molecular weight is 426 g/mol. The molecule has 0 radical (unpaired) electrons. The summed E-state index contributed by atoms with van der Waals surface area (Å²) in [7, 11) is 0. The fraction of sp³-hybridized carbons (Fsp3) is 0.650. The summed E-state index contributed by atoms with van der Waals surface area (Å²) in [6.45, 7) is 4.74. The minimum absolute atomic E-state index is 0.00790. The molecule has 3 fully saturated rings. The fourth-order valence-electron chi connectivity index (χ4n) is 4.38. The summed E-state index contributed by atoms with van der Waals surface area (Å²) in [6.07, 6.45) is 9.71. The summed E-state index contributed by atoms with van der Waals surface area (Å²) in [5, 5.41) is 4.52. The van der Waals surface area contributed by atoms with Crippen LogP contribution >= 0.6 is 23.4 Å². The monoisotopic (exact) mass is 425 g/mol. The van der Waals surface area contributed by atoms with Gasteiger partial charge in [0.1, 0.15) is 11.0 Å². The maximum atomic E-state index is 12.7. The van der Waals surface area contributed by atoms with Crippen molar-refractivity contribution in [3.8, 4) is 0 Å². The second kappa shape index (κ2) is 9.83. The Kier molecular flexibility index (Phi) is 7.46. The van der Waals surface area contributed by atoms with Crippen LogP contribution in [0.15, 0.2) is 11.4 Å². The van der Waals surface area contributed by atoms with Gasteiger partial charge in [0.15, 0.2) is 5.16 Å². The third-order valence-electron chi connectivity index (χ3n) is 5.64. The van der Waals surface area contributed by atoms with E-state index in [1.807, 2.05) is 20.1 Å². The van der Waals surface area contributed by atoms with Gasteiger partial charge in [-0.15, -0.1) is 0 Å². The molecule has 2 atom stereocenters. The number of aromatic nitrogens is 2. The van der Waals surface area contributed by atoms with E-state index in [2.05, 4.69) is 15.3 Å². The molecule has 1 heterocycles. The number of nitrogens with one attached hydrogen (secondary N) is 1. The largest absolute Gasteiger partial charge is 0.501 e. The van der Waals surface area contributed by atoms with Gasteiger partial charge in [0.2, 0.25) is 0 Å². The van der Waals surface area contributed by atoms with Crippen molar-refractivity contribution >= 4 is 41.2 Å². The fourth-order valence-corrected chi connectivity index (χ4v) is 5.02. The molecule has 3 aliphatic carbocycles. The van der Waals surface area contributed by atoms with Crippen LogP contribution in [-0.2, 0) is 14.3 Å². The van der Waals surface area contributed by atoms with Gasteiger partial charge in [-0.2, -0.15) is 0 Å². The van der Waals surface area contributed by atoms with E-state index >= 15 is 0 Å². The van der Waals surface area contributed by atoms with Crippen LogP contribution in [0.4, 0.5) is 5.82 Å². The lowest BCUT2D eigenvalue weighted by atomic mass is 9.61. The maximum absolute atomic E-state index is 12.7. The minimum Gasteiger partial charge on any atom is -0.501 e. The van der Waals surface area contributed by atoms with Crippen molar-refractivity contribution in [1.29, 1.82) is 0 Å². The lowest BCUT2D eigenvalue weighted by Gasteiger charge is -2.47. The molecular formula is C20H28ClN3O3S. The van der Waals surface area contributed by atoms with Crippen LogP contribution in [0.3, 0.4) is 0 Å². The first kappa shape index (κ1) is 21.2. The standard InChI is InChI=1S/C20H28ClN3O3S/c1-4-26-11-10-14-17(21)23-20(28-3)24-18(14)22-16-13-8-6-12(7-9-13)15(16)19(25)27-5-2/h10-13,15-16H,4-9H2,1-3H3,(H,22,23,24)/b11-10+/t12?,13?,15-,16-/m0/s1. The molecule has 1 aromatic heterocycles. The zero-order valence-electron chi connectivity index (χ0n) is 16.6. The van der Waals surface area contributed by atoms with Gasteiger partial charge in [0.25, 0.3) is 0 Å². The maximum Gasteiger partial charge on any atom is 0.311 e. The number of carbonyl (C=O) groups excluding carboxylic acids is 1. The summed E-state index contributed by atoms with van der Waals surface area (Å²) < 4.78 is 10.7. The van der Waals surface area contributed by atoms with Crippen molar-refractivity contribution in [3.05, 3.63) is 17.0 Å². The molecule has 0 unspecified atom stereocenters. The Balaban J connectivity index is 1.93. The van der Waals surface area contributed by atoms with E-state index in [1.54, 1.807) is 12.3 Å². The number of ether oxygens (including phenoxy) is 2. The number of rotatable bonds is 8. The summed E-state index contributed by atoms with van der Waals surface area (Å²) in [5.41, 5.74) is 0.678. The van der Waals surface area contributed by atoms with E-state index in [-0.39, 0.29) is 17.9 Å². The number of carbonyl (C=O) groups is 1. The number of hydrogen-bond donors (Lipinski definition) is 1. The summed E-state index contributed by atoms with van der Waals surface area (Å²) >= 11 is 7.87. The van der Waals surface area contributed by atoms with Crippen molar-refractivity contribution in [2.24, 2.45) is 17.8 Å². The lowest BCUT2D eigenvalue weighted by molar-refractivity contribution is -0.154. The van der Waals surface area contributed by atoms with Crippen molar-refractivity contribution in [1.82, 2.24) is 9.97 Å². The van der Waals surface area contributed by atoms with Gasteiger partial charge in [-0.05, 0) is 63.7 Å². The van der Waals surface area contributed by atoms with Gasteiger partial charge in [-0.25, -0.2) is 9.97 Å². The van der Waals surface area contributed by atoms with E-state index in [0.29, 0.717) is 46.7 Å². The van der Waals surface area contributed by atoms with E-state index in [9.17, 15) is 4.79 Å². The van der Waals surface area contributed by atoms with Gasteiger partial charge in [-0.1, -0.05) is 23.4 Å². The van der Waals surface area contributed by atoms with Crippen LogP contribution in [0, 0.1) is 17.8 Å². The molecule has 0 spiro atoms. The molecule has 0 aliphatic heterocycles. The molecule has 3 aliphatic rings. The zero-order valence-corrected chi connectivity index (χ0v) is 18.2. The van der Waals surface area contributed by atoms with Gasteiger partial charge in [0, 0.05) is 6.04 Å². The predicted molar refractivity (Wildman–Crippen MR) is 112 cm³/mol. The highest BCUT2D eigenvalue weighted by Crippen LogP contribution is 2.47. The van der Waals surface area contributed by atoms with Crippen LogP contribution in [0.1, 0.15) is 45.1 Å². The Morgan fingerprint density at radius 1 is 1.21 bits per heavy atom. The Labute approximate surface area is 175 Å². The third kappa shape index (κ3) is 4.57. The molecular weight excluding hydrogens is 398 g/mol. The van der Waals surface area contributed by atoms with Crippen molar-refractivity contribution < 1.29 is 14.3 Å². The second-order valence-electron chi connectivity index (χ2n) is 7.14. The summed E-state index contributed by atoms with van der Waals surface area (Å²) in [6, 6.07) is -0.00790. The molecule has 3 saturated carbocycles. The quantitative estimate of drug-likeness (QED) is 0.214. The molecule has 4 rings (SSSR count). The van der Waals surface area contributed by atoms with Gasteiger partial charge < -0.3 is 14.8 Å². The predicted octanol–water partition coefficient (Wildman–Crippen LogP) is 4.64. The van der Waals surface area contributed by atoms with Crippen molar-refractivity contribution in [2.45, 2.75) is 50.7 Å². The average Bonchev–Trinajstić information content (AvgIpc) is 2.70. The first-order valence-corrected chi connectivity index (χ1v) is 11.5. The molecule has 0 aromatic carbocycles. The normalized spacial score (nSPS) is 26.4. The Hall–Kier alpha value is -1.47. The number of nitrogens with zero attached hydrogens (tertiary/aromatic N) is 2. The number of fused-ring (bicyclic) bond motifs is 3. The number of halogens is 1. The molecule has 154 valence electrons. The van der Waals surface area contributed by atoms with Crippen LogP contribution in [0.5, 0.6) is 0 Å². The number of anilines is 1. The number of thioether (sulfide) groups is 1. The topological polar surface area (TPSA) is 73.3 Å². The summed E-state index contributed by atoms with van der Waals surface area (Å²) in [5.74, 6) is 1.18. The molecule has 2 bridgehead atoms. The SMILES string of the molecule is CCO/C=C/c1c(Cl)nc(SC)nc1N[C@H]1C2CCC(CC2)[C@@H]1C(=O)OCC. The summed E-state index contributed by atoms with van der Waals surface area (Å²) in [4.78, 5) is 21.7. The molecule has 0 saturated heterocycles. The van der Waals surface area contributed by atoms with E-state index < -0.39 is 0 Å². The highest BCUT2D eigenvalue weighted by Gasteiger charge is 2.48. The zero-order chi connectivity index (χ0) is 20.1. The molecule has 6 nitrogen and oxygen atoms in total. The van der Waals surface area contributed by atoms with Crippen LogP contribution < -0.4 is 5.32 Å². The second-order valence-corrected chi connectivity index (χ2v) is 8.28. The molecule has 1 aromatic rings. The minimum atomic E-state index is -0.150. The van der Waals surface area contributed by atoms with Crippen LogP contribution in [0.25, 0.3) is 6.08 Å². The molecule has 1 N–H and O–H groups in total. The molecule has 28 heavy (non-hydrogen) atoms. The van der Waals surface area contributed by atoms with E-state index in [1.165, 1.54) is 11.8 Å². The number of hydrogen-bond acceptors (Lipinski definition) is 7. The first-order valence-electron chi connectivity index (χ1n) is 9.91. The highest BCUT2D eigenvalue weighted by atomic mass is 35.5. The van der Waals surface area contributed by atoms with Crippen molar-refractivity contribution in [3.63, 3.8) is 0 Å². The van der Waals surface area contributed by atoms with Crippen LogP contribution in [-0.4, -0.2) is 41.4 Å².